The Morgan fingerprint density at radius 2 is 1.79 bits per heavy atom. The van der Waals surface area contributed by atoms with Gasteiger partial charge in [-0.2, -0.15) is 0 Å². The molecule has 0 saturated carbocycles. The molecule has 1 saturated heterocycles. The first-order valence-corrected chi connectivity index (χ1v) is 6.85. The van der Waals surface area contributed by atoms with Gasteiger partial charge in [0.15, 0.2) is 0 Å². The first-order valence-electron chi connectivity index (χ1n) is 6.85. The lowest BCUT2D eigenvalue weighted by Gasteiger charge is -2.38. The number of nitro groups is 1. The van der Waals surface area contributed by atoms with Crippen molar-refractivity contribution in [1.82, 2.24) is 4.90 Å². The summed E-state index contributed by atoms with van der Waals surface area (Å²) in [6.45, 7) is 8.58. The molecule has 1 fully saturated rings. The Morgan fingerprint density at radius 3 is 2.26 bits per heavy atom. The second-order valence-corrected chi connectivity index (χ2v) is 5.05. The number of hydrogen-bond acceptors (Lipinski definition) is 4. The molecule has 1 atom stereocenters. The standard InChI is InChI=1S/C14H21N3O2/c1-3-12(2)15-8-10-16(11-9-15)13-4-6-14(7-5-13)17(18)19/h4-7,12H,3,8-11H2,1-2H3/t12-/m0/s1. The van der Waals surface area contributed by atoms with Gasteiger partial charge in [0.2, 0.25) is 0 Å². The fraction of sp³-hybridized carbons (Fsp3) is 0.571. The van der Waals surface area contributed by atoms with Crippen LogP contribution in [0.15, 0.2) is 24.3 Å². The van der Waals surface area contributed by atoms with Crippen molar-refractivity contribution >= 4 is 11.4 Å². The molecule has 0 radical (unpaired) electrons. The van der Waals surface area contributed by atoms with Crippen LogP contribution in [-0.4, -0.2) is 42.0 Å². The average Bonchev–Trinajstić information content (AvgIpc) is 2.46. The molecule has 1 aliphatic rings. The SMILES string of the molecule is CC[C@H](C)N1CCN(c2ccc([N+](=O)[O-])cc2)CC1. The lowest BCUT2D eigenvalue weighted by atomic mass is 10.1. The largest absolute Gasteiger partial charge is 0.369 e. The third kappa shape index (κ3) is 3.23. The quantitative estimate of drug-likeness (QED) is 0.618. The smallest absolute Gasteiger partial charge is 0.269 e. The highest BCUT2D eigenvalue weighted by atomic mass is 16.6. The van der Waals surface area contributed by atoms with Gasteiger partial charge in [-0.1, -0.05) is 6.92 Å². The Balaban J connectivity index is 1.96. The van der Waals surface area contributed by atoms with E-state index in [1.807, 2.05) is 12.1 Å². The third-order valence-electron chi connectivity index (χ3n) is 3.95. The molecule has 104 valence electrons. The van der Waals surface area contributed by atoms with E-state index >= 15 is 0 Å². The van der Waals surface area contributed by atoms with Gasteiger partial charge in [0, 0.05) is 50.0 Å². The summed E-state index contributed by atoms with van der Waals surface area (Å²) in [4.78, 5) is 15.1. The summed E-state index contributed by atoms with van der Waals surface area (Å²) in [7, 11) is 0. The van der Waals surface area contributed by atoms with Crippen LogP contribution in [0, 0.1) is 10.1 Å². The predicted molar refractivity (Wildman–Crippen MR) is 76.6 cm³/mol. The maximum Gasteiger partial charge on any atom is 0.269 e. The van der Waals surface area contributed by atoms with Crippen LogP contribution in [0.1, 0.15) is 20.3 Å². The van der Waals surface area contributed by atoms with E-state index in [4.69, 9.17) is 0 Å². The van der Waals surface area contributed by atoms with E-state index in [9.17, 15) is 10.1 Å². The minimum atomic E-state index is -0.357. The van der Waals surface area contributed by atoms with Crippen molar-refractivity contribution in [1.29, 1.82) is 0 Å². The molecule has 0 bridgehead atoms. The van der Waals surface area contributed by atoms with Crippen molar-refractivity contribution in [2.75, 3.05) is 31.1 Å². The molecule has 1 aromatic carbocycles. The maximum absolute atomic E-state index is 10.6. The molecule has 0 unspecified atom stereocenters. The summed E-state index contributed by atoms with van der Waals surface area (Å²) in [5.41, 5.74) is 1.23. The number of nitrogens with zero attached hydrogens (tertiary/aromatic N) is 3. The number of rotatable bonds is 4. The maximum atomic E-state index is 10.6. The van der Waals surface area contributed by atoms with Crippen LogP contribution in [0.25, 0.3) is 0 Å². The minimum absolute atomic E-state index is 0.155. The lowest BCUT2D eigenvalue weighted by molar-refractivity contribution is -0.384. The third-order valence-corrected chi connectivity index (χ3v) is 3.95. The number of non-ortho nitro benzene ring substituents is 1. The van der Waals surface area contributed by atoms with Gasteiger partial charge in [0.1, 0.15) is 0 Å². The monoisotopic (exact) mass is 263 g/mol. The van der Waals surface area contributed by atoms with E-state index in [0.717, 1.165) is 31.9 Å². The topological polar surface area (TPSA) is 49.6 Å². The number of nitro benzene ring substituents is 1. The molecule has 1 heterocycles. The molecule has 19 heavy (non-hydrogen) atoms. The van der Waals surface area contributed by atoms with Crippen LogP contribution in [0.2, 0.25) is 0 Å². The van der Waals surface area contributed by atoms with Gasteiger partial charge in [-0.3, -0.25) is 15.0 Å². The van der Waals surface area contributed by atoms with Crippen molar-refractivity contribution in [3.05, 3.63) is 34.4 Å². The fourth-order valence-electron chi connectivity index (χ4n) is 2.46. The normalized spacial score (nSPS) is 18.3. The fourth-order valence-corrected chi connectivity index (χ4v) is 2.46. The van der Waals surface area contributed by atoms with Crippen LogP contribution in [0.4, 0.5) is 11.4 Å². The predicted octanol–water partition coefficient (Wildman–Crippen LogP) is 2.52. The molecular weight excluding hydrogens is 242 g/mol. The molecule has 0 N–H and O–H groups in total. The van der Waals surface area contributed by atoms with E-state index in [2.05, 4.69) is 23.6 Å². The van der Waals surface area contributed by atoms with Crippen LogP contribution in [-0.2, 0) is 0 Å². The number of anilines is 1. The second-order valence-electron chi connectivity index (χ2n) is 5.05. The Kier molecular flexibility index (Phi) is 4.37. The van der Waals surface area contributed by atoms with E-state index in [-0.39, 0.29) is 10.6 Å². The van der Waals surface area contributed by atoms with E-state index in [1.54, 1.807) is 12.1 Å². The number of benzene rings is 1. The highest BCUT2D eigenvalue weighted by Crippen LogP contribution is 2.21. The van der Waals surface area contributed by atoms with Crippen molar-refractivity contribution in [2.24, 2.45) is 0 Å². The van der Waals surface area contributed by atoms with Crippen LogP contribution < -0.4 is 4.90 Å². The minimum Gasteiger partial charge on any atom is -0.369 e. The van der Waals surface area contributed by atoms with Gasteiger partial charge in [-0.05, 0) is 25.5 Å². The molecule has 1 aromatic rings. The molecular formula is C14H21N3O2. The average molecular weight is 263 g/mol. The van der Waals surface area contributed by atoms with Crippen LogP contribution in [0.5, 0.6) is 0 Å². The van der Waals surface area contributed by atoms with Gasteiger partial charge in [-0.25, -0.2) is 0 Å². The summed E-state index contributed by atoms with van der Waals surface area (Å²) in [5.74, 6) is 0. The summed E-state index contributed by atoms with van der Waals surface area (Å²) in [6, 6.07) is 7.49. The molecule has 5 nitrogen and oxygen atoms in total. The van der Waals surface area contributed by atoms with Crippen molar-refractivity contribution in [3.63, 3.8) is 0 Å². The molecule has 0 aromatic heterocycles. The zero-order valence-corrected chi connectivity index (χ0v) is 11.6. The molecule has 2 rings (SSSR count). The molecule has 0 aliphatic carbocycles. The first kappa shape index (κ1) is 13.8. The van der Waals surface area contributed by atoms with Gasteiger partial charge in [0.05, 0.1) is 4.92 Å². The van der Waals surface area contributed by atoms with E-state index < -0.39 is 0 Å². The zero-order valence-electron chi connectivity index (χ0n) is 11.6. The van der Waals surface area contributed by atoms with Crippen molar-refractivity contribution < 1.29 is 4.92 Å². The number of piperazine rings is 1. The summed E-state index contributed by atoms with van der Waals surface area (Å²) in [6.07, 6.45) is 1.18. The highest BCUT2D eigenvalue weighted by Gasteiger charge is 2.20. The molecule has 0 amide bonds. The van der Waals surface area contributed by atoms with Crippen molar-refractivity contribution in [2.45, 2.75) is 26.3 Å². The summed E-state index contributed by atoms with van der Waals surface area (Å²) in [5, 5.41) is 10.6. The van der Waals surface area contributed by atoms with Crippen LogP contribution in [0.3, 0.4) is 0 Å². The van der Waals surface area contributed by atoms with Gasteiger partial charge < -0.3 is 4.90 Å². The lowest BCUT2D eigenvalue weighted by Crippen LogP contribution is -2.49. The van der Waals surface area contributed by atoms with Gasteiger partial charge in [-0.15, -0.1) is 0 Å². The Morgan fingerprint density at radius 1 is 1.21 bits per heavy atom. The second kappa shape index (κ2) is 6.02. The molecule has 5 heteroatoms. The zero-order chi connectivity index (χ0) is 13.8. The van der Waals surface area contributed by atoms with Crippen LogP contribution >= 0.6 is 0 Å². The van der Waals surface area contributed by atoms with Crippen molar-refractivity contribution in [3.8, 4) is 0 Å². The first-order chi connectivity index (χ1) is 9.11. The number of hydrogen-bond donors (Lipinski definition) is 0. The Labute approximate surface area is 114 Å². The van der Waals surface area contributed by atoms with Gasteiger partial charge in [0.25, 0.3) is 5.69 Å². The van der Waals surface area contributed by atoms with E-state index in [0.29, 0.717) is 6.04 Å². The molecule has 1 aliphatic heterocycles. The summed E-state index contributed by atoms with van der Waals surface area (Å²) >= 11 is 0. The van der Waals surface area contributed by atoms with E-state index in [1.165, 1.54) is 6.42 Å². The highest BCUT2D eigenvalue weighted by molar-refractivity contribution is 5.51. The molecule has 0 spiro atoms. The Hall–Kier alpha value is -1.62. The Bertz CT molecular complexity index is 425. The summed E-state index contributed by atoms with van der Waals surface area (Å²) < 4.78 is 0. The van der Waals surface area contributed by atoms with Gasteiger partial charge >= 0.3 is 0 Å².